The molecule has 0 aliphatic rings. The molecule has 1 aromatic heterocycles. The number of carbonyl (C=O) groups is 1. The lowest BCUT2D eigenvalue weighted by Gasteiger charge is -2.01. The Morgan fingerprint density at radius 2 is 1.44 bits per heavy atom. The van der Waals surface area contributed by atoms with E-state index in [1.165, 1.54) is 11.1 Å². The molecule has 0 saturated heterocycles. The van der Waals surface area contributed by atoms with Crippen molar-refractivity contribution < 1.29 is 9.36 Å². The van der Waals surface area contributed by atoms with Gasteiger partial charge in [0.1, 0.15) is 0 Å². The van der Waals surface area contributed by atoms with Crippen LogP contribution >= 0.6 is 0 Å². The standard InChI is InChI=1S/C23H22NO/c1-2-19-10-12-22(13-11-19)23(25)18-24-16-14-21(15-17-24)9-8-20-6-4-3-5-7-20/h3-17H,2,18H2,1H3/q+1/b9-8+. The molecule has 0 aliphatic carbocycles. The minimum absolute atomic E-state index is 0.125. The van der Waals surface area contributed by atoms with Crippen molar-refractivity contribution in [3.8, 4) is 0 Å². The minimum Gasteiger partial charge on any atom is -0.287 e. The molecule has 0 saturated carbocycles. The Hall–Kier alpha value is -3.00. The third kappa shape index (κ3) is 4.74. The molecule has 3 rings (SSSR count). The van der Waals surface area contributed by atoms with Crippen molar-refractivity contribution in [2.45, 2.75) is 19.9 Å². The summed E-state index contributed by atoms with van der Waals surface area (Å²) < 4.78 is 1.91. The Bertz CT molecular complexity index is 847. The van der Waals surface area contributed by atoms with E-state index < -0.39 is 0 Å². The van der Waals surface area contributed by atoms with Crippen molar-refractivity contribution in [2.24, 2.45) is 0 Å². The van der Waals surface area contributed by atoms with E-state index in [2.05, 4.69) is 31.2 Å². The van der Waals surface area contributed by atoms with Crippen molar-refractivity contribution in [1.82, 2.24) is 0 Å². The van der Waals surface area contributed by atoms with Crippen LogP contribution in [-0.4, -0.2) is 5.78 Å². The summed E-state index contributed by atoms with van der Waals surface area (Å²) >= 11 is 0. The molecule has 1 heterocycles. The van der Waals surface area contributed by atoms with Crippen LogP contribution in [0.5, 0.6) is 0 Å². The Kier molecular flexibility index (Phi) is 5.53. The molecule has 0 radical (unpaired) electrons. The quantitative estimate of drug-likeness (QED) is 0.479. The molecule has 0 atom stereocenters. The van der Waals surface area contributed by atoms with Gasteiger partial charge in [0.15, 0.2) is 12.4 Å². The molecule has 124 valence electrons. The van der Waals surface area contributed by atoms with Crippen LogP contribution in [0.25, 0.3) is 12.2 Å². The van der Waals surface area contributed by atoms with E-state index in [0.29, 0.717) is 6.54 Å². The highest BCUT2D eigenvalue weighted by Crippen LogP contribution is 2.08. The summed E-state index contributed by atoms with van der Waals surface area (Å²) in [7, 11) is 0. The fourth-order valence-corrected chi connectivity index (χ4v) is 2.63. The second kappa shape index (κ2) is 8.20. The van der Waals surface area contributed by atoms with Crippen LogP contribution < -0.4 is 4.57 Å². The molecule has 2 aromatic carbocycles. The Morgan fingerprint density at radius 3 is 2.04 bits per heavy atom. The van der Waals surface area contributed by atoms with Crippen LogP contribution in [0.1, 0.15) is 34.0 Å². The van der Waals surface area contributed by atoms with Gasteiger partial charge in [-0.05, 0) is 23.1 Å². The molecule has 0 fully saturated rings. The molecule has 3 aromatic rings. The predicted octanol–water partition coefficient (Wildman–Crippen LogP) is 4.59. The zero-order valence-corrected chi connectivity index (χ0v) is 14.4. The summed E-state index contributed by atoms with van der Waals surface area (Å²) in [4.78, 5) is 12.4. The third-order valence-electron chi connectivity index (χ3n) is 4.20. The van der Waals surface area contributed by atoms with E-state index in [1.807, 2.05) is 71.6 Å². The Labute approximate surface area is 149 Å². The summed E-state index contributed by atoms with van der Waals surface area (Å²) in [6.07, 6.45) is 9.04. The van der Waals surface area contributed by atoms with Crippen molar-refractivity contribution in [2.75, 3.05) is 0 Å². The molecule has 0 amide bonds. The molecule has 25 heavy (non-hydrogen) atoms. The molecule has 0 bridgehead atoms. The Morgan fingerprint density at radius 1 is 0.840 bits per heavy atom. The number of benzene rings is 2. The lowest BCUT2D eigenvalue weighted by atomic mass is 10.1. The van der Waals surface area contributed by atoms with Gasteiger partial charge in [-0.1, -0.05) is 73.7 Å². The summed E-state index contributed by atoms with van der Waals surface area (Å²) in [6.45, 7) is 2.47. The number of aromatic nitrogens is 1. The number of hydrogen-bond acceptors (Lipinski definition) is 1. The van der Waals surface area contributed by atoms with Crippen molar-refractivity contribution >= 4 is 17.9 Å². The van der Waals surface area contributed by atoms with Gasteiger partial charge in [0.05, 0.1) is 0 Å². The van der Waals surface area contributed by atoms with E-state index in [4.69, 9.17) is 0 Å². The number of hydrogen-bond donors (Lipinski definition) is 0. The monoisotopic (exact) mass is 328 g/mol. The maximum absolute atomic E-state index is 12.4. The number of nitrogens with zero attached hydrogens (tertiary/aromatic N) is 1. The minimum atomic E-state index is 0.125. The summed E-state index contributed by atoms with van der Waals surface area (Å²) in [5, 5.41) is 0. The van der Waals surface area contributed by atoms with Gasteiger partial charge in [0.25, 0.3) is 0 Å². The van der Waals surface area contributed by atoms with Crippen molar-refractivity contribution in [3.63, 3.8) is 0 Å². The lowest BCUT2D eigenvalue weighted by molar-refractivity contribution is -0.683. The van der Waals surface area contributed by atoms with Crippen LogP contribution in [0.15, 0.2) is 79.1 Å². The van der Waals surface area contributed by atoms with E-state index in [1.54, 1.807) is 0 Å². The fraction of sp³-hybridized carbons (Fsp3) is 0.130. The number of rotatable bonds is 6. The largest absolute Gasteiger partial charge is 0.287 e. The van der Waals surface area contributed by atoms with E-state index in [-0.39, 0.29) is 5.78 Å². The first-order chi connectivity index (χ1) is 12.2. The molecule has 0 aliphatic heterocycles. The van der Waals surface area contributed by atoms with Crippen LogP contribution in [-0.2, 0) is 13.0 Å². The molecular formula is C23H22NO+. The molecule has 0 N–H and O–H groups in total. The highest BCUT2D eigenvalue weighted by atomic mass is 16.1. The van der Waals surface area contributed by atoms with Gasteiger partial charge >= 0.3 is 0 Å². The van der Waals surface area contributed by atoms with Gasteiger partial charge in [-0.3, -0.25) is 4.79 Å². The zero-order chi connectivity index (χ0) is 17.5. The first-order valence-electron chi connectivity index (χ1n) is 8.59. The fourth-order valence-electron chi connectivity index (χ4n) is 2.63. The average molecular weight is 328 g/mol. The van der Waals surface area contributed by atoms with Gasteiger partial charge in [-0.15, -0.1) is 0 Å². The second-order valence-electron chi connectivity index (χ2n) is 6.02. The summed E-state index contributed by atoms with van der Waals surface area (Å²) in [5.74, 6) is 0.125. The first-order valence-corrected chi connectivity index (χ1v) is 8.59. The first kappa shape index (κ1) is 16.8. The van der Waals surface area contributed by atoms with Crippen molar-refractivity contribution in [1.29, 1.82) is 0 Å². The summed E-state index contributed by atoms with van der Waals surface area (Å²) in [5.41, 5.74) is 4.29. The highest BCUT2D eigenvalue weighted by Gasteiger charge is 2.11. The molecular weight excluding hydrogens is 306 g/mol. The number of Topliss-reactive ketones (excluding diaryl/α,β-unsaturated/α-hetero) is 1. The van der Waals surface area contributed by atoms with E-state index in [0.717, 1.165) is 17.5 Å². The predicted molar refractivity (Wildman–Crippen MR) is 102 cm³/mol. The second-order valence-corrected chi connectivity index (χ2v) is 6.02. The summed E-state index contributed by atoms with van der Waals surface area (Å²) in [6, 6.07) is 22.1. The number of aryl methyl sites for hydroxylation is 1. The van der Waals surface area contributed by atoms with Crippen LogP contribution in [0.4, 0.5) is 0 Å². The number of carbonyl (C=O) groups excluding carboxylic acids is 1. The lowest BCUT2D eigenvalue weighted by Crippen LogP contribution is -2.37. The third-order valence-corrected chi connectivity index (χ3v) is 4.20. The zero-order valence-electron chi connectivity index (χ0n) is 14.4. The Balaban J connectivity index is 1.63. The average Bonchev–Trinajstić information content (AvgIpc) is 2.68. The van der Waals surface area contributed by atoms with Gasteiger partial charge in [-0.25, -0.2) is 0 Å². The van der Waals surface area contributed by atoms with Gasteiger partial charge in [0.2, 0.25) is 12.3 Å². The van der Waals surface area contributed by atoms with Crippen LogP contribution in [0, 0.1) is 0 Å². The molecule has 0 spiro atoms. The molecule has 2 nitrogen and oxygen atoms in total. The maximum Gasteiger partial charge on any atom is 0.227 e. The number of pyridine rings is 1. The molecule has 2 heteroatoms. The SMILES string of the molecule is CCc1ccc(C(=O)C[n+]2ccc(/C=C/c3ccccc3)cc2)cc1. The van der Waals surface area contributed by atoms with E-state index in [9.17, 15) is 4.79 Å². The smallest absolute Gasteiger partial charge is 0.227 e. The van der Waals surface area contributed by atoms with Gasteiger partial charge in [0, 0.05) is 17.7 Å². The van der Waals surface area contributed by atoms with Gasteiger partial charge < -0.3 is 0 Å². The van der Waals surface area contributed by atoms with Gasteiger partial charge in [-0.2, -0.15) is 4.57 Å². The van der Waals surface area contributed by atoms with Crippen LogP contribution in [0.2, 0.25) is 0 Å². The molecule has 0 unspecified atom stereocenters. The van der Waals surface area contributed by atoms with E-state index >= 15 is 0 Å². The topological polar surface area (TPSA) is 20.9 Å². The van der Waals surface area contributed by atoms with Crippen LogP contribution in [0.3, 0.4) is 0 Å². The number of ketones is 1. The normalized spacial score (nSPS) is 10.9. The maximum atomic E-state index is 12.4. The highest BCUT2D eigenvalue weighted by molar-refractivity contribution is 5.95. The van der Waals surface area contributed by atoms with Crippen molar-refractivity contribution in [3.05, 3.63) is 101 Å².